The van der Waals surface area contributed by atoms with Gasteiger partial charge in [-0.2, -0.15) is 5.10 Å². The van der Waals surface area contributed by atoms with E-state index in [1.165, 1.54) is 0 Å². The third-order valence-corrected chi connectivity index (χ3v) is 6.99. The van der Waals surface area contributed by atoms with Crippen LogP contribution in [0.2, 0.25) is 5.02 Å². The molecule has 3 heterocycles. The Morgan fingerprint density at radius 1 is 1.12 bits per heavy atom. The number of benzene rings is 2. The van der Waals surface area contributed by atoms with Gasteiger partial charge in [-0.15, -0.1) is 0 Å². The number of piperidine rings is 1. The van der Waals surface area contributed by atoms with Gasteiger partial charge >= 0.3 is 0 Å². The molecule has 0 bridgehead atoms. The van der Waals surface area contributed by atoms with Crippen LogP contribution in [0.25, 0.3) is 0 Å². The van der Waals surface area contributed by atoms with Crippen LogP contribution < -0.4 is 4.74 Å². The van der Waals surface area contributed by atoms with E-state index in [-0.39, 0.29) is 11.9 Å². The number of carbonyl (C=O) groups excluding carboxylic acids is 1. The smallest absolute Gasteiger partial charge is 0.257 e. The van der Waals surface area contributed by atoms with Crippen molar-refractivity contribution in [2.45, 2.75) is 31.1 Å². The second-order valence-electron chi connectivity index (χ2n) is 8.64. The molecule has 174 valence electrons. The second kappa shape index (κ2) is 9.43. The van der Waals surface area contributed by atoms with Gasteiger partial charge in [-0.3, -0.25) is 9.69 Å². The molecule has 2 aromatic carbocycles. The summed E-state index contributed by atoms with van der Waals surface area (Å²) in [4.78, 5) is 15.6. The van der Waals surface area contributed by atoms with Crippen LogP contribution in [0.15, 0.2) is 53.6 Å². The van der Waals surface area contributed by atoms with Crippen molar-refractivity contribution in [2.24, 2.45) is 5.10 Å². The molecule has 0 unspecified atom stereocenters. The van der Waals surface area contributed by atoms with Gasteiger partial charge in [-0.05, 0) is 41.5 Å². The number of rotatable bonds is 5. The molecule has 2 fully saturated rings. The highest BCUT2D eigenvalue weighted by Crippen LogP contribution is 2.37. The Balaban J connectivity index is 1.34. The number of amides is 1. The van der Waals surface area contributed by atoms with E-state index in [9.17, 15) is 4.79 Å². The van der Waals surface area contributed by atoms with Gasteiger partial charge < -0.3 is 14.2 Å². The summed E-state index contributed by atoms with van der Waals surface area (Å²) in [5, 5.41) is 7.03. The molecule has 1 atom stereocenters. The number of hydrogen-bond donors (Lipinski definition) is 0. The molecule has 1 spiro atoms. The molecule has 7 nitrogen and oxygen atoms in total. The van der Waals surface area contributed by atoms with Gasteiger partial charge in [-0.25, -0.2) is 5.01 Å². The Bertz CT molecular complexity index is 1030. The molecule has 0 radical (unpaired) electrons. The summed E-state index contributed by atoms with van der Waals surface area (Å²) < 4.78 is 16.9. The molecule has 0 aliphatic carbocycles. The molecule has 3 aliphatic rings. The number of hydrogen-bond acceptors (Lipinski definition) is 6. The first-order chi connectivity index (χ1) is 16.1. The van der Waals surface area contributed by atoms with E-state index >= 15 is 0 Å². The van der Waals surface area contributed by atoms with Crippen molar-refractivity contribution in [1.82, 2.24) is 9.91 Å². The molecule has 5 rings (SSSR count). The molecular formula is C25H28ClN3O4. The lowest BCUT2D eigenvalue weighted by molar-refractivity contribution is -0.186. The second-order valence-corrected chi connectivity index (χ2v) is 9.05. The van der Waals surface area contributed by atoms with E-state index in [0.717, 1.165) is 48.5 Å². The quantitative estimate of drug-likeness (QED) is 0.665. The van der Waals surface area contributed by atoms with Crippen molar-refractivity contribution >= 4 is 23.2 Å². The van der Waals surface area contributed by atoms with Gasteiger partial charge in [-0.1, -0.05) is 29.8 Å². The Kier molecular flexibility index (Phi) is 6.38. The normalized spacial score (nSPS) is 22.5. The molecule has 3 aliphatic heterocycles. The summed E-state index contributed by atoms with van der Waals surface area (Å²) in [6.45, 7) is 3.11. The Morgan fingerprint density at radius 3 is 2.48 bits per heavy atom. The van der Waals surface area contributed by atoms with Crippen LogP contribution in [0.1, 0.15) is 36.4 Å². The number of hydrazone groups is 1. The fourth-order valence-corrected chi connectivity index (χ4v) is 5.05. The van der Waals surface area contributed by atoms with Gasteiger partial charge in [0.2, 0.25) is 0 Å². The average Bonchev–Trinajstić information content (AvgIpc) is 3.49. The molecular weight excluding hydrogens is 442 g/mol. The zero-order chi connectivity index (χ0) is 22.8. The number of halogens is 1. The van der Waals surface area contributed by atoms with E-state index in [4.69, 9.17) is 30.9 Å². The SMILES string of the molecule is COc1ccc(C2=NN(C(=O)CN3CCC4(CC3)OCCO4)[C@H](c3ccccc3Cl)C2)cc1. The first kappa shape index (κ1) is 22.3. The number of likely N-dealkylation sites (tertiary alicyclic amines) is 1. The summed E-state index contributed by atoms with van der Waals surface area (Å²) in [6.07, 6.45) is 2.15. The lowest BCUT2D eigenvalue weighted by atomic mass is 9.98. The monoisotopic (exact) mass is 469 g/mol. The summed E-state index contributed by atoms with van der Waals surface area (Å²) in [6, 6.07) is 15.2. The number of nitrogens with zero attached hydrogens (tertiary/aromatic N) is 3. The van der Waals surface area contributed by atoms with E-state index in [2.05, 4.69) is 4.90 Å². The Hall–Kier alpha value is -2.45. The minimum Gasteiger partial charge on any atom is -0.497 e. The first-order valence-electron chi connectivity index (χ1n) is 11.4. The van der Waals surface area contributed by atoms with E-state index in [0.29, 0.717) is 31.2 Å². The zero-order valence-corrected chi connectivity index (χ0v) is 19.5. The zero-order valence-electron chi connectivity index (χ0n) is 18.7. The number of methoxy groups -OCH3 is 1. The summed E-state index contributed by atoms with van der Waals surface area (Å²) in [5.74, 6) is 0.297. The maximum absolute atomic E-state index is 13.5. The maximum Gasteiger partial charge on any atom is 0.257 e. The number of carbonyl (C=O) groups is 1. The van der Waals surface area contributed by atoms with Crippen LogP contribution in [0, 0.1) is 0 Å². The Labute approximate surface area is 198 Å². The largest absolute Gasteiger partial charge is 0.497 e. The molecule has 0 N–H and O–H groups in total. The van der Waals surface area contributed by atoms with E-state index in [1.807, 2.05) is 48.5 Å². The highest BCUT2D eigenvalue weighted by atomic mass is 35.5. The lowest BCUT2D eigenvalue weighted by Gasteiger charge is -2.37. The molecule has 0 saturated carbocycles. The molecule has 8 heteroatoms. The van der Waals surface area contributed by atoms with Crippen LogP contribution in [-0.4, -0.2) is 67.3 Å². The van der Waals surface area contributed by atoms with Crippen molar-refractivity contribution in [2.75, 3.05) is 40.0 Å². The fourth-order valence-electron chi connectivity index (χ4n) is 4.79. The summed E-state index contributed by atoms with van der Waals surface area (Å²) in [7, 11) is 1.64. The van der Waals surface area contributed by atoms with Crippen LogP contribution in [-0.2, 0) is 14.3 Å². The predicted octanol–water partition coefficient (Wildman–Crippen LogP) is 3.87. The molecule has 2 aromatic rings. The van der Waals surface area contributed by atoms with Gasteiger partial charge in [0.25, 0.3) is 5.91 Å². The predicted molar refractivity (Wildman–Crippen MR) is 125 cm³/mol. The van der Waals surface area contributed by atoms with Gasteiger partial charge in [0, 0.05) is 37.4 Å². The minimum atomic E-state index is -0.451. The van der Waals surface area contributed by atoms with Gasteiger partial charge in [0.15, 0.2) is 5.79 Å². The minimum absolute atomic E-state index is 0.0346. The topological polar surface area (TPSA) is 63.6 Å². The van der Waals surface area contributed by atoms with Crippen LogP contribution in [0.5, 0.6) is 5.75 Å². The average molecular weight is 470 g/mol. The molecule has 1 amide bonds. The maximum atomic E-state index is 13.5. The molecule has 33 heavy (non-hydrogen) atoms. The third-order valence-electron chi connectivity index (χ3n) is 6.64. The van der Waals surface area contributed by atoms with Crippen LogP contribution in [0.4, 0.5) is 0 Å². The van der Waals surface area contributed by atoms with E-state index in [1.54, 1.807) is 12.1 Å². The summed E-state index contributed by atoms with van der Waals surface area (Å²) >= 11 is 6.53. The summed E-state index contributed by atoms with van der Waals surface area (Å²) in [5.41, 5.74) is 2.74. The highest BCUT2D eigenvalue weighted by Gasteiger charge is 2.41. The van der Waals surface area contributed by atoms with Crippen LogP contribution in [0.3, 0.4) is 0 Å². The molecule has 2 saturated heterocycles. The standard InChI is InChI=1S/C25H28ClN3O4/c1-31-19-8-6-18(7-9-19)22-16-23(20-4-2-3-5-21(20)26)29(27-22)24(30)17-28-12-10-25(11-13-28)32-14-15-33-25/h2-9,23H,10-17H2,1H3/t23-/m0/s1. The highest BCUT2D eigenvalue weighted by molar-refractivity contribution is 6.31. The van der Waals surface area contributed by atoms with E-state index < -0.39 is 5.79 Å². The van der Waals surface area contributed by atoms with Crippen molar-refractivity contribution in [3.8, 4) is 5.75 Å². The first-order valence-corrected chi connectivity index (χ1v) is 11.7. The Morgan fingerprint density at radius 2 is 1.82 bits per heavy atom. The van der Waals surface area contributed by atoms with Crippen molar-refractivity contribution in [1.29, 1.82) is 0 Å². The fraction of sp³-hybridized carbons (Fsp3) is 0.440. The van der Waals surface area contributed by atoms with Gasteiger partial charge in [0.05, 0.1) is 38.6 Å². The van der Waals surface area contributed by atoms with Crippen molar-refractivity contribution in [3.63, 3.8) is 0 Å². The van der Waals surface area contributed by atoms with Crippen molar-refractivity contribution < 1.29 is 19.0 Å². The van der Waals surface area contributed by atoms with Crippen LogP contribution >= 0.6 is 11.6 Å². The lowest BCUT2D eigenvalue weighted by Crippen LogP contribution is -2.48. The number of ether oxygens (including phenoxy) is 3. The molecule has 0 aromatic heterocycles. The van der Waals surface area contributed by atoms with Gasteiger partial charge in [0.1, 0.15) is 5.75 Å². The third kappa shape index (κ3) is 4.64. The van der Waals surface area contributed by atoms with Crippen molar-refractivity contribution in [3.05, 3.63) is 64.7 Å².